The predicted molar refractivity (Wildman–Crippen MR) is 125 cm³/mol. The summed E-state index contributed by atoms with van der Waals surface area (Å²) in [5.74, 6) is -0.106. The largest absolute Gasteiger partial charge is 0.324 e. The van der Waals surface area contributed by atoms with Gasteiger partial charge in [0.2, 0.25) is 5.91 Å². The third kappa shape index (κ3) is 4.81. The van der Waals surface area contributed by atoms with Gasteiger partial charge in [-0.1, -0.05) is 41.1 Å². The highest BCUT2D eigenvalue weighted by molar-refractivity contribution is 8.00. The van der Waals surface area contributed by atoms with Crippen molar-refractivity contribution in [2.24, 2.45) is 0 Å². The van der Waals surface area contributed by atoms with Crippen molar-refractivity contribution in [1.29, 1.82) is 0 Å². The lowest BCUT2D eigenvalue weighted by Crippen LogP contribution is -2.23. The zero-order valence-electron chi connectivity index (χ0n) is 17.3. The number of hydrogen-bond acceptors (Lipinski definition) is 5. The maximum absolute atomic E-state index is 13.3. The molecule has 2 aromatic heterocycles. The molecule has 0 spiro atoms. The molecule has 0 bridgehead atoms. The quantitative estimate of drug-likeness (QED) is 0.376. The summed E-state index contributed by atoms with van der Waals surface area (Å²) in [6.45, 7) is 3.78. The predicted octanol–water partition coefficient (Wildman–Crippen LogP) is 5.55. The molecule has 0 aliphatic rings. The number of amides is 1. The maximum atomic E-state index is 13.3. The van der Waals surface area contributed by atoms with Gasteiger partial charge in [-0.15, -0.1) is 10.2 Å². The second-order valence-corrected chi connectivity index (χ2v) is 8.80. The summed E-state index contributed by atoms with van der Waals surface area (Å²) < 4.78 is 15.2. The van der Waals surface area contributed by atoms with Gasteiger partial charge in [-0.05, 0) is 56.3 Å². The molecule has 4 aromatic rings. The number of halogens is 2. The Morgan fingerprint density at radius 3 is 2.50 bits per heavy atom. The first-order valence-electron chi connectivity index (χ1n) is 9.78. The molecule has 0 radical (unpaired) electrons. The minimum atomic E-state index is -0.519. The fraction of sp³-hybridized carbons (Fsp3) is 0.130. The Kier molecular flexibility index (Phi) is 6.53. The van der Waals surface area contributed by atoms with Gasteiger partial charge in [0, 0.05) is 23.6 Å². The van der Waals surface area contributed by atoms with E-state index in [1.54, 1.807) is 19.3 Å². The third-order valence-corrected chi connectivity index (χ3v) is 6.06. The molecule has 9 heteroatoms. The molecular formula is C23H19ClFN5OS. The van der Waals surface area contributed by atoms with Crippen LogP contribution in [-0.4, -0.2) is 30.9 Å². The normalized spacial score (nSPS) is 11.9. The molecule has 162 valence electrons. The number of nitrogens with one attached hydrogen (secondary N) is 1. The van der Waals surface area contributed by atoms with Gasteiger partial charge in [0.25, 0.3) is 0 Å². The number of carbonyl (C=O) groups is 1. The average molecular weight is 468 g/mol. The number of thioether (sulfide) groups is 1. The second kappa shape index (κ2) is 9.50. The van der Waals surface area contributed by atoms with Crippen LogP contribution in [0, 0.1) is 12.7 Å². The molecule has 1 atom stereocenters. The van der Waals surface area contributed by atoms with Crippen LogP contribution in [0.15, 0.2) is 72.1 Å². The summed E-state index contributed by atoms with van der Waals surface area (Å²) in [6, 6.07) is 15.5. The molecule has 4 rings (SSSR count). The smallest absolute Gasteiger partial charge is 0.237 e. The van der Waals surface area contributed by atoms with E-state index in [-0.39, 0.29) is 10.9 Å². The SMILES string of the molecule is Cc1ccc(-n2c(SC(C)C(=O)Nc3ccc(F)cc3Cl)nnc2-c2ccncc2)cc1. The maximum Gasteiger partial charge on any atom is 0.237 e. The molecule has 6 nitrogen and oxygen atoms in total. The summed E-state index contributed by atoms with van der Waals surface area (Å²) in [7, 11) is 0. The summed E-state index contributed by atoms with van der Waals surface area (Å²) in [6.07, 6.45) is 3.39. The van der Waals surface area contributed by atoms with Crippen molar-refractivity contribution in [3.8, 4) is 17.1 Å². The van der Waals surface area contributed by atoms with Gasteiger partial charge in [0.15, 0.2) is 11.0 Å². The van der Waals surface area contributed by atoms with E-state index in [0.717, 1.165) is 22.9 Å². The van der Waals surface area contributed by atoms with Crippen LogP contribution in [-0.2, 0) is 4.79 Å². The molecule has 0 saturated carbocycles. The van der Waals surface area contributed by atoms with Crippen molar-refractivity contribution >= 4 is 35.0 Å². The topological polar surface area (TPSA) is 72.7 Å². The number of aromatic nitrogens is 4. The number of aryl methyl sites for hydroxylation is 1. The standard InChI is InChI=1S/C23H19ClFN5OS/c1-14-3-6-18(7-4-14)30-21(16-9-11-26-12-10-16)28-29-23(30)32-15(2)22(31)27-20-8-5-17(25)13-19(20)24/h3-13,15H,1-2H3,(H,27,31). The van der Waals surface area contributed by atoms with Gasteiger partial charge < -0.3 is 5.32 Å². The van der Waals surface area contributed by atoms with E-state index < -0.39 is 11.1 Å². The Hall–Kier alpha value is -3.23. The van der Waals surface area contributed by atoms with Crippen molar-refractivity contribution in [2.45, 2.75) is 24.3 Å². The van der Waals surface area contributed by atoms with E-state index in [2.05, 4.69) is 20.5 Å². The highest BCUT2D eigenvalue weighted by Crippen LogP contribution is 2.31. The van der Waals surface area contributed by atoms with E-state index in [0.29, 0.717) is 16.7 Å². The summed E-state index contributed by atoms with van der Waals surface area (Å²) in [5.41, 5.74) is 3.22. The highest BCUT2D eigenvalue weighted by Gasteiger charge is 2.22. The molecule has 1 N–H and O–H groups in total. The summed E-state index contributed by atoms with van der Waals surface area (Å²) >= 11 is 7.30. The van der Waals surface area contributed by atoms with Gasteiger partial charge in [0.1, 0.15) is 5.82 Å². The van der Waals surface area contributed by atoms with Crippen molar-refractivity contribution in [3.05, 3.63) is 83.4 Å². The van der Waals surface area contributed by atoms with Crippen molar-refractivity contribution in [3.63, 3.8) is 0 Å². The zero-order chi connectivity index (χ0) is 22.7. The fourth-order valence-corrected chi connectivity index (χ4v) is 4.08. The summed E-state index contributed by atoms with van der Waals surface area (Å²) in [4.78, 5) is 16.8. The lowest BCUT2D eigenvalue weighted by molar-refractivity contribution is -0.115. The van der Waals surface area contributed by atoms with Crippen LogP contribution in [0.25, 0.3) is 17.1 Å². The molecule has 0 aliphatic carbocycles. The minimum Gasteiger partial charge on any atom is -0.324 e. The molecule has 0 aliphatic heterocycles. The number of hydrogen-bond donors (Lipinski definition) is 1. The molecule has 0 fully saturated rings. The van der Waals surface area contributed by atoms with Crippen LogP contribution in [0.1, 0.15) is 12.5 Å². The van der Waals surface area contributed by atoms with Crippen molar-refractivity contribution < 1.29 is 9.18 Å². The van der Waals surface area contributed by atoms with E-state index in [9.17, 15) is 9.18 Å². The molecule has 32 heavy (non-hydrogen) atoms. The Morgan fingerprint density at radius 1 is 1.09 bits per heavy atom. The highest BCUT2D eigenvalue weighted by atomic mass is 35.5. The Labute approximate surface area is 193 Å². The van der Waals surface area contributed by atoms with Gasteiger partial charge in [-0.3, -0.25) is 14.3 Å². The first-order valence-corrected chi connectivity index (χ1v) is 11.0. The Morgan fingerprint density at radius 2 is 1.81 bits per heavy atom. The van der Waals surface area contributed by atoms with Gasteiger partial charge in [-0.2, -0.15) is 0 Å². The van der Waals surface area contributed by atoms with Crippen LogP contribution >= 0.6 is 23.4 Å². The number of anilines is 1. The molecule has 2 heterocycles. The van der Waals surface area contributed by atoms with Crippen LogP contribution in [0.3, 0.4) is 0 Å². The molecule has 2 aromatic carbocycles. The zero-order valence-corrected chi connectivity index (χ0v) is 18.9. The van der Waals surface area contributed by atoms with E-state index >= 15 is 0 Å². The minimum absolute atomic E-state index is 0.137. The summed E-state index contributed by atoms with van der Waals surface area (Å²) in [5, 5.41) is 11.6. The molecule has 0 saturated heterocycles. The van der Waals surface area contributed by atoms with E-state index in [1.165, 1.54) is 23.9 Å². The number of carbonyl (C=O) groups excluding carboxylic acids is 1. The van der Waals surface area contributed by atoms with Crippen LogP contribution in [0.5, 0.6) is 0 Å². The average Bonchev–Trinajstić information content (AvgIpc) is 3.20. The van der Waals surface area contributed by atoms with Crippen LogP contribution < -0.4 is 5.32 Å². The van der Waals surface area contributed by atoms with Crippen LogP contribution in [0.2, 0.25) is 5.02 Å². The van der Waals surface area contributed by atoms with Crippen molar-refractivity contribution in [2.75, 3.05) is 5.32 Å². The molecule has 1 unspecified atom stereocenters. The van der Waals surface area contributed by atoms with E-state index in [4.69, 9.17) is 11.6 Å². The fourth-order valence-electron chi connectivity index (χ4n) is 3.00. The lowest BCUT2D eigenvalue weighted by atomic mass is 10.2. The van der Waals surface area contributed by atoms with E-state index in [1.807, 2.05) is 47.9 Å². The first-order chi connectivity index (χ1) is 15.4. The molecular weight excluding hydrogens is 449 g/mol. The lowest BCUT2D eigenvalue weighted by Gasteiger charge is -2.14. The number of rotatable bonds is 6. The molecule has 1 amide bonds. The van der Waals surface area contributed by atoms with Gasteiger partial charge >= 0.3 is 0 Å². The monoisotopic (exact) mass is 467 g/mol. The number of nitrogens with zero attached hydrogens (tertiary/aromatic N) is 4. The Bertz CT molecular complexity index is 1250. The first kappa shape index (κ1) is 22.0. The van der Waals surface area contributed by atoms with Gasteiger partial charge in [-0.25, -0.2) is 4.39 Å². The van der Waals surface area contributed by atoms with Crippen LogP contribution in [0.4, 0.5) is 10.1 Å². The number of benzene rings is 2. The number of pyridine rings is 1. The van der Waals surface area contributed by atoms with Gasteiger partial charge in [0.05, 0.1) is 16.0 Å². The van der Waals surface area contributed by atoms with Crippen molar-refractivity contribution in [1.82, 2.24) is 19.7 Å². The second-order valence-electron chi connectivity index (χ2n) is 7.09. The Balaban J connectivity index is 1.63. The third-order valence-electron chi connectivity index (χ3n) is 4.70.